The summed E-state index contributed by atoms with van der Waals surface area (Å²) in [6.07, 6.45) is 3.19. The Morgan fingerprint density at radius 1 is 1.39 bits per heavy atom. The molecule has 0 saturated carbocycles. The van der Waals surface area contributed by atoms with Crippen LogP contribution in [0.2, 0.25) is 0 Å². The monoisotopic (exact) mass is 269 g/mol. The Hall–Kier alpha value is -1.07. The van der Waals surface area contributed by atoms with E-state index < -0.39 is 9.84 Å². The zero-order valence-electron chi connectivity index (χ0n) is 11.0. The second-order valence-electron chi connectivity index (χ2n) is 4.97. The van der Waals surface area contributed by atoms with Crippen molar-refractivity contribution < 1.29 is 13.2 Å². The van der Waals surface area contributed by atoms with Crippen molar-refractivity contribution >= 4 is 9.84 Å². The van der Waals surface area contributed by atoms with Gasteiger partial charge in [0.2, 0.25) is 0 Å². The second-order valence-corrected chi connectivity index (χ2v) is 6.95. The van der Waals surface area contributed by atoms with E-state index in [4.69, 9.17) is 4.74 Å². The van der Waals surface area contributed by atoms with Gasteiger partial charge in [0, 0.05) is 17.4 Å². The molecule has 0 radical (unpaired) electrons. The van der Waals surface area contributed by atoms with Crippen molar-refractivity contribution in [2.75, 3.05) is 19.9 Å². The molecule has 100 valence electrons. The number of hydrogen-bond acceptors (Lipinski definition) is 4. The molecule has 1 unspecified atom stereocenters. The van der Waals surface area contributed by atoms with E-state index in [2.05, 4.69) is 5.32 Å². The Morgan fingerprint density at radius 2 is 2.11 bits per heavy atom. The Bertz CT molecular complexity index is 545. The lowest BCUT2D eigenvalue weighted by molar-refractivity contribution is 0.364. The first-order valence-corrected chi connectivity index (χ1v) is 7.90. The van der Waals surface area contributed by atoms with Crippen LogP contribution in [0.4, 0.5) is 0 Å². The fourth-order valence-electron chi connectivity index (χ4n) is 2.64. The van der Waals surface area contributed by atoms with Crippen LogP contribution in [0, 0.1) is 0 Å². The second kappa shape index (κ2) is 4.55. The van der Waals surface area contributed by atoms with Crippen LogP contribution in [-0.4, -0.2) is 28.3 Å². The number of benzene rings is 1. The highest BCUT2D eigenvalue weighted by Gasteiger charge is 2.36. The molecule has 0 spiro atoms. The van der Waals surface area contributed by atoms with Crippen LogP contribution in [-0.2, 0) is 15.4 Å². The summed E-state index contributed by atoms with van der Waals surface area (Å²) in [5.74, 6) is 0.634. The number of sulfone groups is 1. The highest BCUT2D eigenvalue weighted by atomic mass is 32.2. The molecule has 0 aliphatic carbocycles. The number of nitrogens with one attached hydrogen (secondary N) is 1. The zero-order chi connectivity index (χ0) is 13.4. The summed E-state index contributed by atoms with van der Waals surface area (Å²) in [5.41, 5.74) is 0.429. The van der Waals surface area contributed by atoms with E-state index in [-0.39, 0.29) is 5.54 Å². The highest BCUT2D eigenvalue weighted by molar-refractivity contribution is 7.90. The van der Waals surface area contributed by atoms with Crippen LogP contribution in [0.25, 0.3) is 0 Å². The predicted molar refractivity (Wildman–Crippen MR) is 70.7 cm³/mol. The fraction of sp³-hybridized carbons (Fsp3) is 0.538. The molecular weight excluding hydrogens is 250 g/mol. The summed E-state index contributed by atoms with van der Waals surface area (Å²) in [6, 6.07) is 5.19. The van der Waals surface area contributed by atoms with Crippen LogP contribution in [0.5, 0.6) is 5.75 Å². The van der Waals surface area contributed by atoms with Gasteiger partial charge in [-0.05, 0) is 38.4 Å². The smallest absolute Gasteiger partial charge is 0.176 e. The summed E-state index contributed by atoms with van der Waals surface area (Å²) in [4.78, 5) is 0.360. The molecule has 5 heteroatoms. The van der Waals surface area contributed by atoms with Crippen LogP contribution >= 0.6 is 0 Å². The van der Waals surface area contributed by atoms with Crippen molar-refractivity contribution in [2.24, 2.45) is 0 Å². The number of ether oxygens (including phenoxy) is 1. The number of hydrogen-bond donors (Lipinski definition) is 1. The van der Waals surface area contributed by atoms with Gasteiger partial charge in [0.15, 0.2) is 9.84 Å². The standard InChI is InChI=1S/C13H19NO3S/c1-13(8-5-9-14-13)12-10(17-2)6-4-7-11(12)18(3,15)16/h4,6-7,14H,5,8-9H2,1-3H3. The maximum absolute atomic E-state index is 11.9. The summed E-state index contributed by atoms with van der Waals surface area (Å²) >= 11 is 0. The van der Waals surface area contributed by atoms with Crippen molar-refractivity contribution in [1.82, 2.24) is 5.32 Å². The molecule has 0 aromatic heterocycles. The molecule has 1 atom stereocenters. The van der Waals surface area contributed by atoms with Gasteiger partial charge in [0.1, 0.15) is 5.75 Å². The molecule has 18 heavy (non-hydrogen) atoms. The normalized spacial score (nSPS) is 24.2. The van der Waals surface area contributed by atoms with E-state index in [1.807, 2.05) is 13.0 Å². The van der Waals surface area contributed by atoms with Gasteiger partial charge in [0.25, 0.3) is 0 Å². The molecule has 1 N–H and O–H groups in total. The third kappa shape index (κ3) is 2.24. The Kier molecular flexibility index (Phi) is 3.38. The van der Waals surface area contributed by atoms with E-state index in [1.165, 1.54) is 6.26 Å². The van der Waals surface area contributed by atoms with Gasteiger partial charge in [0.05, 0.1) is 12.0 Å². The van der Waals surface area contributed by atoms with Gasteiger partial charge in [-0.25, -0.2) is 8.42 Å². The van der Waals surface area contributed by atoms with Gasteiger partial charge in [-0.15, -0.1) is 0 Å². The summed E-state index contributed by atoms with van der Waals surface area (Å²) in [5, 5.41) is 3.39. The minimum absolute atomic E-state index is 0.328. The lowest BCUT2D eigenvalue weighted by Gasteiger charge is -2.29. The molecule has 4 nitrogen and oxygen atoms in total. The Morgan fingerprint density at radius 3 is 2.61 bits per heavy atom. The molecule has 2 rings (SSSR count). The molecule has 1 fully saturated rings. The Labute approximate surface area is 108 Å². The molecule has 1 heterocycles. The maximum Gasteiger partial charge on any atom is 0.176 e. The minimum Gasteiger partial charge on any atom is -0.496 e. The molecule has 0 bridgehead atoms. The van der Waals surface area contributed by atoms with Crippen LogP contribution < -0.4 is 10.1 Å². The molecule has 0 amide bonds. The van der Waals surface area contributed by atoms with Crippen LogP contribution in [0.1, 0.15) is 25.3 Å². The maximum atomic E-state index is 11.9. The molecule has 1 aliphatic heterocycles. The molecule has 1 aromatic rings. The van der Waals surface area contributed by atoms with Crippen molar-refractivity contribution in [3.8, 4) is 5.75 Å². The number of methoxy groups -OCH3 is 1. The summed E-state index contributed by atoms with van der Waals surface area (Å²) < 4.78 is 29.2. The lowest BCUT2D eigenvalue weighted by atomic mass is 9.89. The zero-order valence-corrected chi connectivity index (χ0v) is 11.8. The van der Waals surface area contributed by atoms with Crippen molar-refractivity contribution in [3.63, 3.8) is 0 Å². The third-order valence-electron chi connectivity index (χ3n) is 3.53. The number of rotatable bonds is 3. The first-order chi connectivity index (χ1) is 8.38. The molecule has 1 aromatic carbocycles. The quantitative estimate of drug-likeness (QED) is 0.907. The van der Waals surface area contributed by atoms with E-state index in [1.54, 1.807) is 19.2 Å². The van der Waals surface area contributed by atoms with E-state index in [0.29, 0.717) is 10.6 Å². The first-order valence-electron chi connectivity index (χ1n) is 6.01. The van der Waals surface area contributed by atoms with Crippen molar-refractivity contribution in [3.05, 3.63) is 23.8 Å². The fourth-order valence-corrected chi connectivity index (χ4v) is 3.66. The van der Waals surface area contributed by atoms with Gasteiger partial charge < -0.3 is 10.1 Å². The predicted octanol–water partition coefficient (Wildman–Crippen LogP) is 1.70. The van der Waals surface area contributed by atoms with Gasteiger partial charge in [-0.3, -0.25) is 0 Å². The minimum atomic E-state index is -3.26. The summed E-state index contributed by atoms with van der Waals surface area (Å²) in [7, 11) is -1.69. The van der Waals surface area contributed by atoms with E-state index in [0.717, 1.165) is 24.9 Å². The first kappa shape index (κ1) is 13.4. The van der Waals surface area contributed by atoms with E-state index >= 15 is 0 Å². The van der Waals surface area contributed by atoms with Gasteiger partial charge >= 0.3 is 0 Å². The van der Waals surface area contributed by atoms with Crippen molar-refractivity contribution in [2.45, 2.75) is 30.2 Å². The molecule has 1 saturated heterocycles. The molecule has 1 aliphatic rings. The molecular formula is C13H19NO3S. The third-order valence-corrected chi connectivity index (χ3v) is 4.67. The lowest BCUT2D eigenvalue weighted by Crippen LogP contribution is -2.35. The largest absolute Gasteiger partial charge is 0.496 e. The average Bonchev–Trinajstić information content (AvgIpc) is 2.75. The van der Waals surface area contributed by atoms with Crippen LogP contribution in [0.15, 0.2) is 23.1 Å². The summed E-state index contributed by atoms with van der Waals surface area (Å²) in [6.45, 7) is 2.93. The highest BCUT2D eigenvalue weighted by Crippen LogP contribution is 2.40. The SMILES string of the molecule is COc1cccc(S(C)(=O)=O)c1C1(C)CCCN1. The van der Waals surface area contributed by atoms with Gasteiger partial charge in [-0.1, -0.05) is 6.07 Å². The van der Waals surface area contributed by atoms with Crippen molar-refractivity contribution in [1.29, 1.82) is 0 Å². The topological polar surface area (TPSA) is 55.4 Å². The van der Waals surface area contributed by atoms with Gasteiger partial charge in [-0.2, -0.15) is 0 Å². The van der Waals surface area contributed by atoms with Crippen LogP contribution in [0.3, 0.4) is 0 Å². The Balaban J connectivity index is 2.69. The van der Waals surface area contributed by atoms with E-state index in [9.17, 15) is 8.42 Å². The average molecular weight is 269 g/mol.